The van der Waals surface area contributed by atoms with E-state index in [4.69, 9.17) is 12.3 Å². The first-order valence-corrected chi connectivity index (χ1v) is 26.1. The Hall–Kier alpha value is -7.22. The van der Waals surface area contributed by atoms with Crippen LogP contribution in [0.25, 0.3) is 55.0 Å². The molecule has 0 N–H and O–H groups in total. The van der Waals surface area contributed by atoms with Gasteiger partial charge in [0.05, 0.1) is 0 Å². The zero-order valence-corrected chi connectivity index (χ0v) is 37.9. The predicted molar refractivity (Wildman–Crippen MR) is 277 cm³/mol. The number of hydrogen-bond acceptors (Lipinski definition) is 3. The van der Waals surface area contributed by atoms with Crippen LogP contribution in [-0.2, 0) is 5.41 Å². The van der Waals surface area contributed by atoms with Crippen molar-refractivity contribution < 1.29 is 26.0 Å². The molecule has 5 nitrogen and oxygen atoms in total. The predicted octanol–water partition coefficient (Wildman–Crippen LogP) is 11.8. The second kappa shape index (κ2) is 14.9. The van der Waals surface area contributed by atoms with Gasteiger partial charge in [-0.25, -0.2) is 0 Å². The zero-order valence-electron chi connectivity index (χ0n) is 54.8. The van der Waals surface area contributed by atoms with Crippen molar-refractivity contribution in [1.82, 2.24) is 19.1 Å². The fourth-order valence-corrected chi connectivity index (χ4v) is 18.8. The summed E-state index contributed by atoms with van der Waals surface area (Å²) < 4.78 is 180. The second-order valence-corrected chi connectivity index (χ2v) is 24.8. The van der Waals surface area contributed by atoms with Crippen LogP contribution in [0.3, 0.4) is 0 Å². The first kappa shape index (κ1) is 24.3. The van der Waals surface area contributed by atoms with Gasteiger partial charge in [-0.1, -0.05) is 12.5 Å². The summed E-state index contributed by atoms with van der Waals surface area (Å²) in [4.78, 5) is 11.4. The summed E-state index contributed by atoms with van der Waals surface area (Å²) in [5, 5.41) is 3.00. The van der Waals surface area contributed by atoms with Crippen molar-refractivity contribution in [2.45, 2.75) is 50.5 Å². The van der Waals surface area contributed by atoms with E-state index >= 15 is 0 Å². The Kier molecular flexibility index (Phi) is 5.50. The molecule has 1 saturated carbocycles. The van der Waals surface area contributed by atoms with Gasteiger partial charge in [0, 0.05) is 6.20 Å². The minimum absolute atomic E-state index is 0.275. The molecule has 1 fully saturated rings. The molecule has 66 heavy (non-hydrogen) atoms. The Bertz CT molecular complexity index is 4500. The number of pyridine rings is 2. The van der Waals surface area contributed by atoms with Crippen molar-refractivity contribution in [3.05, 3.63) is 218 Å². The van der Waals surface area contributed by atoms with E-state index in [-0.39, 0.29) is 5.41 Å². The number of benzene rings is 7. The van der Waals surface area contributed by atoms with Crippen molar-refractivity contribution >= 4 is 85.8 Å². The fraction of sp³-hybridized carbons (Fsp3) is 0.133. The van der Waals surface area contributed by atoms with Gasteiger partial charge in [0.2, 0.25) is 0 Å². The molecule has 0 radical (unpaired) electrons. The quantitative estimate of drug-likeness (QED) is 0.150. The normalized spacial score (nSPS) is 22.3. The van der Waals surface area contributed by atoms with Crippen LogP contribution in [0.1, 0.15) is 71.1 Å². The molecule has 0 amide bonds. The van der Waals surface area contributed by atoms with Crippen LogP contribution in [0, 0.1) is 0 Å². The van der Waals surface area contributed by atoms with E-state index in [0.717, 1.165) is 64.4 Å². The first-order chi connectivity index (χ1) is 40.4. The molecule has 0 bridgehead atoms. The average Bonchev–Trinajstić information content (AvgIpc) is 0.954. The number of rotatable bonds is 7. The van der Waals surface area contributed by atoms with Gasteiger partial charge in [0.25, 0.3) is 0 Å². The number of anilines is 2. The number of para-hydroxylation sites is 1. The third-order valence-corrected chi connectivity index (χ3v) is 22.9. The summed E-state index contributed by atoms with van der Waals surface area (Å²) in [6, 6.07) is 4.46. The molecule has 4 aromatic heterocycles. The molecule has 1 aliphatic heterocycles. The SMILES string of the molecule is [2H]c1c([2H])c([2H])[c]([Ge]([c]2c([2H])c([2H])c([2H])c([2H])c2[2H])([c]2c([2H])c([2H])c([2H])c([2H])c2[2H])[c]2c([2H])c([2H])c([2H])c(-n3c4ccc(N5c6cnccc6C6(C)CCCCC56C)cc4c4cc(-n5c6ccccc6c6cnccc65)ccc43)c2[2H])c([2H])c1[2H]. The molecule has 13 rings (SSSR count). The maximum absolute atomic E-state index is 10.8. The second-order valence-electron chi connectivity index (χ2n) is 17.5. The molecule has 318 valence electrons. The Morgan fingerprint density at radius 2 is 1.06 bits per heavy atom. The molecular formula is C60H49GeN5. The molecule has 0 saturated heterocycles. The molecule has 5 heterocycles. The van der Waals surface area contributed by atoms with E-state index in [9.17, 15) is 13.7 Å². The van der Waals surface area contributed by atoms with Crippen molar-refractivity contribution in [1.29, 1.82) is 0 Å². The standard InChI is InChI=1S/C60H49GeN5/c1-59-33-14-15-34-60(59,2)66(58-41-63-35-31-53(58)59)48-28-30-56-51(39-48)50-38-47(65-54-26-13-12-25-49(54)52-40-62-36-32-57(52)65)27-29-55(50)64(56)46-24-16-23-45(37-46)61(42-17-6-3-7-18-42,43-19-8-4-9-20-43)44-21-10-5-11-22-44/h3-13,16-32,35-41H,14-15,33-34H2,1-2H3/i3D,4D,5D,6D,7D,8D,9D,10D,11D,16D,17D,18D,19D,20D,21D,22D,23D,24D,37D. The van der Waals surface area contributed by atoms with Crippen LogP contribution in [0.15, 0.2) is 212 Å². The topological polar surface area (TPSA) is 38.9 Å². The molecule has 1 aliphatic carbocycles. The molecule has 0 spiro atoms. The van der Waals surface area contributed by atoms with Crippen molar-refractivity contribution in [2.75, 3.05) is 4.90 Å². The van der Waals surface area contributed by atoms with Gasteiger partial charge in [-0.2, -0.15) is 0 Å². The first-order valence-electron chi connectivity index (χ1n) is 31.4. The summed E-state index contributed by atoms with van der Waals surface area (Å²) in [5.41, 5.74) is 4.88. The van der Waals surface area contributed by atoms with Gasteiger partial charge in [0.15, 0.2) is 0 Å². The molecule has 7 aromatic carbocycles. The van der Waals surface area contributed by atoms with Crippen LogP contribution < -0.4 is 22.5 Å². The fourth-order valence-electron chi connectivity index (χ4n) is 11.3. The van der Waals surface area contributed by atoms with Gasteiger partial charge in [-0.15, -0.1) is 0 Å². The summed E-state index contributed by atoms with van der Waals surface area (Å²) in [7, 11) is 0. The third-order valence-electron chi connectivity index (χ3n) is 14.5. The van der Waals surface area contributed by atoms with Gasteiger partial charge < -0.3 is 0 Å². The molecule has 2 aliphatic rings. The van der Waals surface area contributed by atoms with E-state index < -0.39 is 157 Å². The van der Waals surface area contributed by atoms with E-state index in [2.05, 4.69) is 39.3 Å². The molecular weight excluding hydrogens is 863 g/mol. The van der Waals surface area contributed by atoms with E-state index in [1.54, 1.807) is 23.0 Å². The third kappa shape index (κ3) is 5.47. The van der Waals surface area contributed by atoms with Crippen LogP contribution >= 0.6 is 0 Å². The van der Waals surface area contributed by atoms with E-state index in [1.165, 1.54) is 0 Å². The van der Waals surface area contributed by atoms with E-state index in [0.29, 0.717) is 27.5 Å². The Labute approximate surface area is 414 Å². The van der Waals surface area contributed by atoms with Crippen molar-refractivity contribution in [3.8, 4) is 11.4 Å². The number of aromatic nitrogens is 4. The van der Waals surface area contributed by atoms with Crippen LogP contribution in [0.5, 0.6) is 0 Å². The molecule has 2 atom stereocenters. The van der Waals surface area contributed by atoms with Crippen LogP contribution in [0.2, 0.25) is 0 Å². The van der Waals surface area contributed by atoms with Gasteiger partial charge in [-0.3, -0.25) is 4.98 Å². The Morgan fingerprint density at radius 1 is 0.500 bits per heavy atom. The summed E-state index contributed by atoms with van der Waals surface area (Å²) in [6.45, 7) is 4.56. The van der Waals surface area contributed by atoms with Gasteiger partial charge in [-0.05, 0) is 0 Å². The Balaban J connectivity index is 1.23. The average molecular weight is 932 g/mol. The molecule has 2 unspecified atom stereocenters. The molecule has 6 heteroatoms. The number of fused-ring (bicyclic) bond motifs is 9. The minimum atomic E-state index is -7.10. The maximum atomic E-state index is 10.8. The molecule has 11 aromatic rings. The summed E-state index contributed by atoms with van der Waals surface area (Å²) in [5.74, 6) is 0. The summed E-state index contributed by atoms with van der Waals surface area (Å²) in [6.07, 6.45) is 11.0. The van der Waals surface area contributed by atoms with Gasteiger partial charge >= 0.3 is 392 Å². The van der Waals surface area contributed by atoms with Crippen molar-refractivity contribution in [2.24, 2.45) is 0 Å². The Morgan fingerprint density at radius 3 is 1.77 bits per heavy atom. The monoisotopic (exact) mass is 932 g/mol. The number of nitrogens with zero attached hydrogens (tertiary/aromatic N) is 5. The zero-order chi connectivity index (χ0) is 60.6. The summed E-state index contributed by atoms with van der Waals surface area (Å²) >= 11 is -7.10. The van der Waals surface area contributed by atoms with Crippen LogP contribution in [-0.4, -0.2) is 37.9 Å². The van der Waals surface area contributed by atoms with Crippen molar-refractivity contribution in [3.63, 3.8) is 0 Å². The van der Waals surface area contributed by atoms with Gasteiger partial charge in [0.1, 0.15) is 0 Å². The number of hydrogen-bond donors (Lipinski definition) is 0. The van der Waals surface area contributed by atoms with E-state index in [1.807, 2.05) is 73.1 Å². The van der Waals surface area contributed by atoms with Crippen LogP contribution in [0.4, 0.5) is 11.4 Å².